The number of methoxy groups -OCH3 is 2. The Labute approximate surface area is 113 Å². The lowest BCUT2D eigenvalue weighted by atomic mass is 9.80. The highest BCUT2D eigenvalue weighted by Crippen LogP contribution is 2.37. The van der Waals surface area contributed by atoms with Crippen molar-refractivity contribution in [2.75, 3.05) is 14.2 Å². The fourth-order valence-corrected chi connectivity index (χ4v) is 1.85. The van der Waals surface area contributed by atoms with Crippen molar-refractivity contribution in [3.8, 4) is 11.8 Å². The Morgan fingerprint density at radius 3 is 1.74 bits per heavy atom. The van der Waals surface area contributed by atoms with Crippen LogP contribution >= 0.6 is 0 Å². The van der Waals surface area contributed by atoms with Gasteiger partial charge in [-0.05, 0) is 27.7 Å². The van der Waals surface area contributed by atoms with Crippen molar-refractivity contribution in [2.45, 2.75) is 38.9 Å². The van der Waals surface area contributed by atoms with Gasteiger partial charge >= 0.3 is 7.12 Å². The molecule has 0 N–H and O–H groups in total. The van der Waals surface area contributed by atoms with Crippen LogP contribution in [-0.2, 0) is 9.31 Å². The van der Waals surface area contributed by atoms with E-state index in [9.17, 15) is 0 Å². The number of ether oxygens (including phenoxy) is 2. The van der Waals surface area contributed by atoms with Gasteiger partial charge in [0.25, 0.3) is 0 Å². The van der Waals surface area contributed by atoms with Gasteiger partial charge in [0.1, 0.15) is 11.8 Å². The average Bonchev–Trinajstić information content (AvgIpc) is 2.57. The quantitative estimate of drug-likeness (QED) is 0.754. The third-order valence-corrected chi connectivity index (χ3v) is 3.69. The van der Waals surface area contributed by atoms with Crippen LogP contribution in [0.4, 0.5) is 0 Å². The molecule has 0 saturated carbocycles. The molecule has 2 rings (SSSR count). The number of aromatic nitrogens is 2. The van der Waals surface area contributed by atoms with Crippen LogP contribution in [0.5, 0.6) is 11.8 Å². The van der Waals surface area contributed by atoms with Gasteiger partial charge in [0, 0.05) is 0 Å². The van der Waals surface area contributed by atoms with Crippen LogP contribution in [0.3, 0.4) is 0 Å². The summed E-state index contributed by atoms with van der Waals surface area (Å²) in [6.07, 6.45) is 1.38. The minimum absolute atomic E-state index is 0.394. The summed E-state index contributed by atoms with van der Waals surface area (Å²) in [7, 11) is 2.46. The van der Waals surface area contributed by atoms with Crippen LogP contribution in [-0.4, -0.2) is 42.5 Å². The molecule has 1 saturated heterocycles. The Bertz CT molecular complexity index is 441. The van der Waals surface area contributed by atoms with Crippen LogP contribution in [0.1, 0.15) is 27.7 Å². The lowest BCUT2D eigenvalue weighted by molar-refractivity contribution is 0.00578. The molecule has 0 atom stereocenters. The van der Waals surface area contributed by atoms with E-state index in [0.717, 1.165) is 0 Å². The fourth-order valence-electron chi connectivity index (χ4n) is 1.85. The van der Waals surface area contributed by atoms with Crippen LogP contribution < -0.4 is 14.9 Å². The predicted octanol–water partition coefficient (Wildman–Crippen LogP) is 0.793. The second-order valence-corrected chi connectivity index (χ2v) is 5.39. The van der Waals surface area contributed by atoms with Crippen molar-refractivity contribution in [1.29, 1.82) is 0 Å². The third-order valence-electron chi connectivity index (χ3n) is 3.69. The molecule has 0 spiro atoms. The summed E-state index contributed by atoms with van der Waals surface area (Å²) in [4.78, 5) is 8.15. The Balaban J connectivity index is 2.44. The molecular weight excluding hydrogens is 247 g/mol. The highest BCUT2D eigenvalue weighted by Gasteiger charge is 2.54. The summed E-state index contributed by atoms with van der Waals surface area (Å²) in [6.45, 7) is 7.93. The summed E-state index contributed by atoms with van der Waals surface area (Å²) in [5.74, 6) is 0.788. The van der Waals surface area contributed by atoms with Crippen molar-refractivity contribution in [1.82, 2.24) is 9.97 Å². The zero-order chi connectivity index (χ0) is 14.3. The number of hydrogen-bond donors (Lipinski definition) is 0. The van der Waals surface area contributed by atoms with E-state index in [4.69, 9.17) is 18.8 Å². The van der Waals surface area contributed by atoms with Gasteiger partial charge in [0.2, 0.25) is 11.8 Å². The molecule has 1 aromatic rings. The molecule has 0 radical (unpaired) electrons. The molecule has 6 nitrogen and oxygen atoms in total. The highest BCUT2D eigenvalue weighted by molar-refractivity contribution is 6.64. The summed E-state index contributed by atoms with van der Waals surface area (Å²) in [5, 5.41) is 0. The number of nitrogens with zero attached hydrogens (tertiary/aromatic N) is 2. The normalized spacial score (nSPS) is 20.4. The fraction of sp³-hybridized carbons (Fsp3) is 0.667. The smallest absolute Gasteiger partial charge is 0.481 e. The second kappa shape index (κ2) is 4.65. The topological polar surface area (TPSA) is 62.7 Å². The van der Waals surface area contributed by atoms with Gasteiger partial charge in [0.05, 0.1) is 25.4 Å². The molecule has 7 heteroatoms. The maximum absolute atomic E-state index is 5.97. The zero-order valence-electron chi connectivity index (χ0n) is 12.2. The summed E-state index contributed by atoms with van der Waals surface area (Å²) in [5.41, 5.74) is -0.307. The molecule has 0 unspecified atom stereocenters. The van der Waals surface area contributed by atoms with Gasteiger partial charge in [-0.3, -0.25) is 0 Å². The van der Waals surface area contributed by atoms with E-state index in [2.05, 4.69) is 9.97 Å². The SMILES string of the molecule is COc1ncnc(OC)c1B1OC(C)(C)C(C)(C)O1. The Morgan fingerprint density at radius 2 is 1.37 bits per heavy atom. The summed E-state index contributed by atoms with van der Waals surface area (Å²) < 4.78 is 22.4. The Kier molecular flexibility index (Phi) is 3.44. The van der Waals surface area contributed by atoms with Gasteiger partial charge in [0.15, 0.2) is 0 Å². The molecule has 1 fully saturated rings. The Hall–Kier alpha value is -1.34. The van der Waals surface area contributed by atoms with Gasteiger partial charge < -0.3 is 18.8 Å². The molecule has 2 heterocycles. The first-order valence-electron chi connectivity index (χ1n) is 6.11. The monoisotopic (exact) mass is 266 g/mol. The third kappa shape index (κ3) is 2.28. The first kappa shape index (κ1) is 14.1. The van der Waals surface area contributed by atoms with E-state index in [1.54, 1.807) is 0 Å². The van der Waals surface area contributed by atoms with Crippen LogP contribution in [0.25, 0.3) is 0 Å². The van der Waals surface area contributed by atoms with E-state index < -0.39 is 18.3 Å². The highest BCUT2D eigenvalue weighted by atomic mass is 16.7. The number of rotatable bonds is 3. The van der Waals surface area contributed by atoms with E-state index in [1.165, 1.54) is 20.5 Å². The minimum Gasteiger partial charge on any atom is -0.481 e. The molecule has 0 amide bonds. The molecule has 0 aromatic carbocycles. The second-order valence-electron chi connectivity index (χ2n) is 5.39. The predicted molar refractivity (Wildman–Crippen MR) is 70.9 cm³/mol. The first-order valence-corrected chi connectivity index (χ1v) is 6.11. The average molecular weight is 266 g/mol. The zero-order valence-corrected chi connectivity index (χ0v) is 12.2. The van der Waals surface area contributed by atoms with Crippen LogP contribution in [0.15, 0.2) is 6.33 Å². The van der Waals surface area contributed by atoms with E-state index >= 15 is 0 Å². The first-order chi connectivity index (χ1) is 8.82. The standard InChI is InChI=1S/C12H19BN2O4/c1-11(2)12(3,4)19-13(18-11)8-9(16-5)14-7-15-10(8)17-6/h7H,1-6H3. The minimum atomic E-state index is -0.615. The number of hydrogen-bond acceptors (Lipinski definition) is 6. The summed E-state index contributed by atoms with van der Waals surface area (Å²) >= 11 is 0. The summed E-state index contributed by atoms with van der Waals surface area (Å²) in [6, 6.07) is 0. The van der Waals surface area contributed by atoms with E-state index in [1.807, 2.05) is 27.7 Å². The molecule has 0 bridgehead atoms. The van der Waals surface area contributed by atoms with Crippen LogP contribution in [0, 0.1) is 0 Å². The van der Waals surface area contributed by atoms with Gasteiger partial charge in [-0.1, -0.05) is 0 Å². The molecular formula is C12H19BN2O4. The van der Waals surface area contributed by atoms with Gasteiger partial charge in [-0.2, -0.15) is 0 Å². The van der Waals surface area contributed by atoms with Crippen molar-refractivity contribution in [3.05, 3.63) is 6.33 Å². The van der Waals surface area contributed by atoms with Crippen molar-refractivity contribution in [3.63, 3.8) is 0 Å². The van der Waals surface area contributed by atoms with Crippen LogP contribution in [0.2, 0.25) is 0 Å². The molecule has 1 aromatic heterocycles. The van der Waals surface area contributed by atoms with E-state index in [0.29, 0.717) is 17.2 Å². The van der Waals surface area contributed by atoms with Crippen molar-refractivity contribution in [2.24, 2.45) is 0 Å². The molecule has 1 aliphatic heterocycles. The van der Waals surface area contributed by atoms with E-state index in [-0.39, 0.29) is 0 Å². The molecule has 104 valence electrons. The molecule has 0 aliphatic carbocycles. The maximum Gasteiger partial charge on any atom is 0.506 e. The van der Waals surface area contributed by atoms with Crippen molar-refractivity contribution >= 4 is 12.6 Å². The lowest BCUT2D eigenvalue weighted by Crippen LogP contribution is -2.41. The lowest BCUT2D eigenvalue weighted by Gasteiger charge is -2.32. The molecule has 1 aliphatic rings. The molecule has 19 heavy (non-hydrogen) atoms. The van der Waals surface area contributed by atoms with Gasteiger partial charge in [-0.15, -0.1) is 0 Å². The van der Waals surface area contributed by atoms with Crippen molar-refractivity contribution < 1.29 is 18.8 Å². The maximum atomic E-state index is 5.97. The van der Waals surface area contributed by atoms with Gasteiger partial charge in [-0.25, -0.2) is 9.97 Å². The largest absolute Gasteiger partial charge is 0.506 e. The Morgan fingerprint density at radius 1 is 0.947 bits per heavy atom.